The van der Waals surface area contributed by atoms with Gasteiger partial charge in [0.25, 0.3) is 0 Å². The molecule has 1 aromatic heterocycles. The lowest BCUT2D eigenvalue weighted by atomic mass is 10.1. The Labute approximate surface area is 101 Å². The van der Waals surface area contributed by atoms with Crippen molar-refractivity contribution in [2.24, 2.45) is 0 Å². The number of nitrogens with zero attached hydrogens (tertiary/aromatic N) is 1. The molecule has 0 unspecified atom stereocenters. The topological polar surface area (TPSA) is 24.9 Å². The molecule has 0 aliphatic carbocycles. The minimum Gasteiger partial charge on any atom is -0.362 e. The van der Waals surface area contributed by atoms with E-state index in [9.17, 15) is 0 Å². The van der Waals surface area contributed by atoms with Gasteiger partial charge in [-0.05, 0) is 37.5 Å². The SMILES string of the molecule is CCCCc1ccc2nc(NCC)sc2c1. The Morgan fingerprint density at radius 2 is 2.19 bits per heavy atom. The number of thiazole rings is 1. The fraction of sp³-hybridized carbons (Fsp3) is 0.462. The third-order valence-electron chi connectivity index (χ3n) is 2.60. The van der Waals surface area contributed by atoms with Crippen molar-refractivity contribution in [2.45, 2.75) is 33.1 Å². The summed E-state index contributed by atoms with van der Waals surface area (Å²) >= 11 is 1.75. The first-order chi connectivity index (χ1) is 7.83. The largest absolute Gasteiger partial charge is 0.362 e. The van der Waals surface area contributed by atoms with E-state index in [1.54, 1.807) is 11.3 Å². The van der Waals surface area contributed by atoms with Crippen LogP contribution in [-0.2, 0) is 6.42 Å². The maximum atomic E-state index is 4.53. The van der Waals surface area contributed by atoms with Crippen molar-refractivity contribution in [1.82, 2.24) is 4.98 Å². The summed E-state index contributed by atoms with van der Waals surface area (Å²) in [5, 5.41) is 4.30. The number of fused-ring (bicyclic) bond motifs is 1. The normalized spacial score (nSPS) is 10.9. The highest BCUT2D eigenvalue weighted by Crippen LogP contribution is 2.27. The molecule has 0 amide bonds. The molecule has 1 N–H and O–H groups in total. The minimum absolute atomic E-state index is 0.933. The lowest BCUT2D eigenvalue weighted by Gasteiger charge is -1.98. The zero-order chi connectivity index (χ0) is 11.4. The van der Waals surface area contributed by atoms with E-state index in [0.29, 0.717) is 0 Å². The number of aromatic nitrogens is 1. The second kappa shape index (κ2) is 5.30. The van der Waals surface area contributed by atoms with Crippen LogP contribution in [0, 0.1) is 0 Å². The van der Waals surface area contributed by atoms with E-state index < -0.39 is 0 Å². The number of unbranched alkanes of at least 4 members (excludes halogenated alkanes) is 1. The quantitative estimate of drug-likeness (QED) is 0.843. The zero-order valence-corrected chi connectivity index (χ0v) is 10.7. The van der Waals surface area contributed by atoms with Gasteiger partial charge in [-0.1, -0.05) is 30.7 Å². The molecule has 0 radical (unpaired) electrons. The Kier molecular flexibility index (Phi) is 3.78. The third-order valence-corrected chi connectivity index (χ3v) is 3.58. The standard InChI is InChI=1S/C13H18N2S/c1-3-5-6-10-7-8-11-12(9-10)16-13(15-11)14-4-2/h7-9H,3-6H2,1-2H3,(H,14,15). The predicted molar refractivity (Wildman–Crippen MR) is 72.4 cm³/mol. The lowest BCUT2D eigenvalue weighted by Crippen LogP contribution is -1.94. The first kappa shape index (κ1) is 11.4. The molecule has 1 aromatic carbocycles. The van der Waals surface area contributed by atoms with Gasteiger partial charge in [-0.3, -0.25) is 0 Å². The molecule has 2 rings (SSSR count). The third kappa shape index (κ3) is 2.53. The van der Waals surface area contributed by atoms with E-state index in [-0.39, 0.29) is 0 Å². The van der Waals surface area contributed by atoms with E-state index in [1.165, 1.54) is 29.5 Å². The van der Waals surface area contributed by atoms with E-state index in [2.05, 4.69) is 42.3 Å². The van der Waals surface area contributed by atoms with E-state index in [1.807, 2.05) is 0 Å². The van der Waals surface area contributed by atoms with Crippen molar-refractivity contribution in [3.8, 4) is 0 Å². The molecule has 0 spiro atoms. The number of rotatable bonds is 5. The van der Waals surface area contributed by atoms with Crippen LogP contribution >= 0.6 is 11.3 Å². The van der Waals surface area contributed by atoms with Gasteiger partial charge in [0.2, 0.25) is 0 Å². The van der Waals surface area contributed by atoms with Crippen molar-refractivity contribution in [2.75, 3.05) is 11.9 Å². The van der Waals surface area contributed by atoms with Crippen molar-refractivity contribution in [1.29, 1.82) is 0 Å². The first-order valence-corrected chi connectivity index (χ1v) is 6.78. The van der Waals surface area contributed by atoms with Crippen molar-refractivity contribution < 1.29 is 0 Å². The van der Waals surface area contributed by atoms with Crippen molar-refractivity contribution >= 4 is 26.7 Å². The highest BCUT2D eigenvalue weighted by Gasteiger charge is 2.03. The maximum Gasteiger partial charge on any atom is 0.183 e. The second-order valence-electron chi connectivity index (χ2n) is 3.95. The summed E-state index contributed by atoms with van der Waals surface area (Å²) < 4.78 is 1.30. The van der Waals surface area contributed by atoms with Gasteiger partial charge in [0.15, 0.2) is 5.13 Å². The molecule has 0 bridgehead atoms. The summed E-state index contributed by atoms with van der Waals surface area (Å²) in [6, 6.07) is 6.62. The van der Waals surface area contributed by atoms with Gasteiger partial charge in [0.05, 0.1) is 10.2 Å². The van der Waals surface area contributed by atoms with Gasteiger partial charge < -0.3 is 5.32 Å². The van der Waals surface area contributed by atoms with Crippen molar-refractivity contribution in [3.05, 3.63) is 23.8 Å². The number of nitrogens with one attached hydrogen (secondary N) is 1. The van der Waals surface area contributed by atoms with Gasteiger partial charge in [-0.2, -0.15) is 0 Å². The molecular weight excluding hydrogens is 216 g/mol. The first-order valence-electron chi connectivity index (χ1n) is 5.96. The van der Waals surface area contributed by atoms with E-state index in [4.69, 9.17) is 0 Å². The summed E-state index contributed by atoms with van der Waals surface area (Å²) in [5.41, 5.74) is 2.54. The monoisotopic (exact) mass is 234 g/mol. The number of hydrogen-bond donors (Lipinski definition) is 1. The summed E-state index contributed by atoms with van der Waals surface area (Å²) in [4.78, 5) is 4.53. The Morgan fingerprint density at radius 1 is 1.31 bits per heavy atom. The smallest absolute Gasteiger partial charge is 0.183 e. The van der Waals surface area contributed by atoms with Crippen LogP contribution in [0.1, 0.15) is 32.3 Å². The molecule has 0 atom stereocenters. The van der Waals surface area contributed by atoms with Gasteiger partial charge in [-0.25, -0.2) is 4.98 Å². The van der Waals surface area contributed by atoms with Gasteiger partial charge in [0.1, 0.15) is 0 Å². The van der Waals surface area contributed by atoms with Crippen molar-refractivity contribution in [3.63, 3.8) is 0 Å². The average molecular weight is 234 g/mol. The van der Waals surface area contributed by atoms with Crippen LogP contribution in [-0.4, -0.2) is 11.5 Å². The van der Waals surface area contributed by atoms with Crippen LogP contribution < -0.4 is 5.32 Å². The molecule has 0 saturated carbocycles. The Morgan fingerprint density at radius 3 is 2.94 bits per heavy atom. The summed E-state index contributed by atoms with van der Waals surface area (Å²) in [6.07, 6.45) is 3.70. The van der Waals surface area contributed by atoms with E-state index in [0.717, 1.165) is 17.2 Å². The molecule has 0 fully saturated rings. The summed E-state index contributed by atoms with van der Waals surface area (Å²) in [5.74, 6) is 0. The van der Waals surface area contributed by atoms with Crippen LogP contribution in [0.2, 0.25) is 0 Å². The number of anilines is 1. The number of hydrogen-bond acceptors (Lipinski definition) is 3. The summed E-state index contributed by atoms with van der Waals surface area (Å²) in [6.45, 7) is 5.26. The van der Waals surface area contributed by atoms with Gasteiger partial charge in [-0.15, -0.1) is 0 Å². The molecule has 0 saturated heterocycles. The molecule has 16 heavy (non-hydrogen) atoms. The van der Waals surface area contributed by atoms with E-state index >= 15 is 0 Å². The van der Waals surface area contributed by atoms with Crippen LogP contribution in [0.25, 0.3) is 10.2 Å². The second-order valence-corrected chi connectivity index (χ2v) is 4.99. The highest BCUT2D eigenvalue weighted by molar-refractivity contribution is 7.22. The average Bonchev–Trinajstić information content (AvgIpc) is 2.68. The molecule has 3 heteroatoms. The van der Waals surface area contributed by atoms with Gasteiger partial charge >= 0.3 is 0 Å². The Bertz CT molecular complexity index is 462. The Balaban J connectivity index is 2.23. The van der Waals surface area contributed by atoms with Gasteiger partial charge in [0, 0.05) is 6.54 Å². The van der Waals surface area contributed by atoms with Crippen LogP contribution in [0.15, 0.2) is 18.2 Å². The number of aryl methyl sites for hydroxylation is 1. The minimum atomic E-state index is 0.933. The molecular formula is C13H18N2S. The molecule has 2 nitrogen and oxygen atoms in total. The highest BCUT2D eigenvalue weighted by atomic mass is 32.1. The number of benzene rings is 1. The lowest BCUT2D eigenvalue weighted by molar-refractivity contribution is 0.796. The van der Waals surface area contributed by atoms with Crippen LogP contribution in [0.4, 0.5) is 5.13 Å². The summed E-state index contributed by atoms with van der Waals surface area (Å²) in [7, 11) is 0. The predicted octanol–water partition coefficient (Wildman–Crippen LogP) is 4.07. The maximum absolute atomic E-state index is 4.53. The molecule has 1 heterocycles. The van der Waals surface area contributed by atoms with Crippen LogP contribution in [0.5, 0.6) is 0 Å². The Hall–Kier alpha value is -1.09. The fourth-order valence-corrected chi connectivity index (χ4v) is 2.73. The zero-order valence-electron chi connectivity index (χ0n) is 9.92. The van der Waals surface area contributed by atoms with Crippen LogP contribution in [0.3, 0.4) is 0 Å². The molecule has 0 aliphatic rings. The molecule has 2 aromatic rings. The molecule has 86 valence electrons. The molecule has 0 aliphatic heterocycles. The fourth-order valence-electron chi connectivity index (χ4n) is 1.73.